The van der Waals surface area contributed by atoms with Crippen molar-refractivity contribution in [3.05, 3.63) is 12.3 Å². The van der Waals surface area contributed by atoms with E-state index in [9.17, 15) is 0 Å². The van der Waals surface area contributed by atoms with Gasteiger partial charge in [-0.25, -0.2) is 9.97 Å². The van der Waals surface area contributed by atoms with E-state index in [0.717, 1.165) is 23.4 Å². The van der Waals surface area contributed by atoms with Gasteiger partial charge in [-0.05, 0) is 31.7 Å². The Morgan fingerprint density at radius 3 is 3.00 bits per heavy atom. The molecule has 1 aliphatic rings. The number of nitrogens with one attached hydrogen (secondary N) is 1. The molecule has 0 atom stereocenters. The van der Waals surface area contributed by atoms with Crippen LogP contribution in [0.25, 0.3) is 0 Å². The van der Waals surface area contributed by atoms with Crippen molar-refractivity contribution >= 4 is 17.7 Å². The number of thioether (sulfide) groups is 1. The average Bonchev–Trinajstić information content (AvgIpc) is 2.80. The molecule has 1 saturated carbocycles. The average molecular weight is 237 g/mol. The van der Waals surface area contributed by atoms with E-state index in [1.54, 1.807) is 0 Å². The lowest BCUT2D eigenvalue weighted by atomic mass is 10.1. The molecule has 1 aliphatic carbocycles. The third-order valence-electron chi connectivity index (χ3n) is 2.91. The highest BCUT2D eigenvalue weighted by molar-refractivity contribution is 7.99. The van der Waals surface area contributed by atoms with E-state index >= 15 is 0 Å². The van der Waals surface area contributed by atoms with Crippen molar-refractivity contribution in [2.24, 2.45) is 5.92 Å². The van der Waals surface area contributed by atoms with Gasteiger partial charge in [0.25, 0.3) is 0 Å². The predicted octanol–water partition coefficient (Wildman–Crippen LogP) is 3.19. The van der Waals surface area contributed by atoms with Crippen LogP contribution in [0, 0.1) is 5.92 Å². The number of anilines is 1. The molecule has 0 radical (unpaired) electrons. The van der Waals surface area contributed by atoms with E-state index in [-0.39, 0.29) is 0 Å². The fourth-order valence-electron chi connectivity index (χ4n) is 2.05. The highest BCUT2D eigenvalue weighted by Gasteiger charge is 2.15. The third kappa shape index (κ3) is 3.37. The van der Waals surface area contributed by atoms with E-state index in [1.165, 1.54) is 31.4 Å². The van der Waals surface area contributed by atoms with Gasteiger partial charge in [0.2, 0.25) is 5.95 Å². The van der Waals surface area contributed by atoms with Crippen LogP contribution in [0.1, 0.15) is 32.6 Å². The Kier molecular flexibility index (Phi) is 4.45. The number of aromatic nitrogens is 2. The Labute approximate surface area is 101 Å². The van der Waals surface area contributed by atoms with Crippen LogP contribution in [0.4, 0.5) is 5.95 Å². The van der Waals surface area contributed by atoms with Crippen molar-refractivity contribution < 1.29 is 0 Å². The highest BCUT2D eigenvalue weighted by atomic mass is 32.2. The van der Waals surface area contributed by atoms with Crippen LogP contribution < -0.4 is 5.32 Å². The van der Waals surface area contributed by atoms with Crippen molar-refractivity contribution in [3.8, 4) is 0 Å². The molecule has 1 heterocycles. The van der Waals surface area contributed by atoms with Crippen LogP contribution >= 0.6 is 11.8 Å². The summed E-state index contributed by atoms with van der Waals surface area (Å²) in [7, 11) is 0. The van der Waals surface area contributed by atoms with Crippen LogP contribution in [0.2, 0.25) is 0 Å². The van der Waals surface area contributed by atoms with Gasteiger partial charge < -0.3 is 5.32 Å². The standard InChI is InChI=1S/C12H19N3S/c1-2-13-12-14-8-7-11(15-12)16-9-10-5-3-4-6-10/h7-8,10H,2-6,9H2,1H3,(H,13,14,15). The van der Waals surface area contributed by atoms with Gasteiger partial charge in [0.15, 0.2) is 0 Å². The number of hydrogen-bond acceptors (Lipinski definition) is 4. The van der Waals surface area contributed by atoms with Crippen LogP contribution in [0.3, 0.4) is 0 Å². The summed E-state index contributed by atoms with van der Waals surface area (Å²) in [5.41, 5.74) is 0. The van der Waals surface area contributed by atoms with Crippen LogP contribution in [0.5, 0.6) is 0 Å². The normalized spacial score (nSPS) is 16.6. The summed E-state index contributed by atoms with van der Waals surface area (Å²) in [6, 6.07) is 2.00. The summed E-state index contributed by atoms with van der Waals surface area (Å²) < 4.78 is 0. The summed E-state index contributed by atoms with van der Waals surface area (Å²) >= 11 is 1.87. The lowest BCUT2D eigenvalue weighted by Crippen LogP contribution is -2.02. The fraction of sp³-hybridized carbons (Fsp3) is 0.667. The van der Waals surface area contributed by atoms with Gasteiger partial charge in [0, 0.05) is 18.5 Å². The van der Waals surface area contributed by atoms with Gasteiger partial charge in [-0.1, -0.05) is 12.8 Å². The van der Waals surface area contributed by atoms with Gasteiger partial charge in [-0.2, -0.15) is 0 Å². The summed E-state index contributed by atoms with van der Waals surface area (Å²) in [4.78, 5) is 8.64. The Balaban J connectivity index is 1.85. The van der Waals surface area contributed by atoms with Crippen molar-refractivity contribution in [1.82, 2.24) is 9.97 Å². The van der Waals surface area contributed by atoms with Crippen molar-refractivity contribution in [3.63, 3.8) is 0 Å². The SMILES string of the molecule is CCNc1nccc(SCC2CCCC2)n1. The molecule has 1 aromatic heterocycles. The van der Waals surface area contributed by atoms with E-state index < -0.39 is 0 Å². The molecular weight excluding hydrogens is 218 g/mol. The lowest BCUT2D eigenvalue weighted by Gasteiger charge is -2.08. The zero-order chi connectivity index (χ0) is 11.2. The van der Waals surface area contributed by atoms with Crippen LogP contribution in [-0.2, 0) is 0 Å². The largest absolute Gasteiger partial charge is 0.354 e. The smallest absolute Gasteiger partial charge is 0.223 e. The predicted molar refractivity (Wildman–Crippen MR) is 68.9 cm³/mol. The number of hydrogen-bond donors (Lipinski definition) is 1. The van der Waals surface area contributed by atoms with Gasteiger partial charge in [0.05, 0.1) is 0 Å². The molecule has 3 nitrogen and oxygen atoms in total. The molecule has 2 rings (SSSR count). The first-order valence-electron chi connectivity index (χ1n) is 6.08. The molecule has 0 unspecified atom stereocenters. The Morgan fingerprint density at radius 2 is 2.25 bits per heavy atom. The van der Waals surface area contributed by atoms with Gasteiger partial charge >= 0.3 is 0 Å². The molecule has 0 amide bonds. The van der Waals surface area contributed by atoms with E-state index in [1.807, 2.05) is 24.0 Å². The van der Waals surface area contributed by atoms with E-state index in [0.29, 0.717) is 0 Å². The van der Waals surface area contributed by atoms with Crippen LogP contribution in [0.15, 0.2) is 17.3 Å². The van der Waals surface area contributed by atoms with Crippen molar-refractivity contribution in [2.45, 2.75) is 37.6 Å². The maximum Gasteiger partial charge on any atom is 0.223 e. The van der Waals surface area contributed by atoms with Gasteiger partial charge in [-0.3, -0.25) is 0 Å². The Hall–Kier alpha value is -0.770. The second kappa shape index (κ2) is 6.09. The van der Waals surface area contributed by atoms with Crippen molar-refractivity contribution in [2.75, 3.05) is 17.6 Å². The minimum atomic E-state index is 0.749. The molecular formula is C12H19N3S. The summed E-state index contributed by atoms with van der Waals surface area (Å²) in [5, 5.41) is 4.24. The second-order valence-corrected chi connectivity index (χ2v) is 5.25. The van der Waals surface area contributed by atoms with E-state index in [2.05, 4.69) is 22.2 Å². The quantitative estimate of drug-likeness (QED) is 0.630. The molecule has 0 aromatic carbocycles. The number of nitrogens with zero attached hydrogens (tertiary/aromatic N) is 2. The molecule has 0 saturated heterocycles. The van der Waals surface area contributed by atoms with Gasteiger partial charge in [0.1, 0.15) is 5.03 Å². The Bertz CT molecular complexity index is 324. The fourth-order valence-corrected chi connectivity index (χ4v) is 3.09. The maximum absolute atomic E-state index is 4.46. The molecule has 0 bridgehead atoms. The van der Waals surface area contributed by atoms with E-state index in [4.69, 9.17) is 0 Å². The molecule has 1 fully saturated rings. The highest BCUT2D eigenvalue weighted by Crippen LogP contribution is 2.30. The zero-order valence-electron chi connectivity index (χ0n) is 9.78. The topological polar surface area (TPSA) is 37.8 Å². The molecule has 0 spiro atoms. The Morgan fingerprint density at radius 1 is 1.44 bits per heavy atom. The molecule has 1 aromatic rings. The molecule has 1 N–H and O–H groups in total. The monoisotopic (exact) mass is 237 g/mol. The molecule has 16 heavy (non-hydrogen) atoms. The zero-order valence-corrected chi connectivity index (χ0v) is 10.6. The summed E-state index contributed by atoms with van der Waals surface area (Å²) in [6.45, 7) is 2.93. The molecule has 0 aliphatic heterocycles. The third-order valence-corrected chi connectivity index (χ3v) is 4.07. The van der Waals surface area contributed by atoms with Crippen LogP contribution in [-0.4, -0.2) is 22.3 Å². The van der Waals surface area contributed by atoms with Crippen molar-refractivity contribution in [1.29, 1.82) is 0 Å². The lowest BCUT2D eigenvalue weighted by molar-refractivity contribution is 0.623. The molecule has 88 valence electrons. The molecule has 4 heteroatoms. The first-order chi connectivity index (χ1) is 7.88. The van der Waals surface area contributed by atoms with Gasteiger partial charge in [-0.15, -0.1) is 11.8 Å². The summed E-state index contributed by atoms with van der Waals surface area (Å²) in [6.07, 6.45) is 7.47. The second-order valence-electron chi connectivity index (χ2n) is 4.21. The maximum atomic E-state index is 4.46. The minimum absolute atomic E-state index is 0.749. The number of rotatable bonds is 5. The first-order valence-corrected chi connectivity index (χ1v) is 7.06. The summed E-state index contributed by atoms with van der Waals surface area (Å²) in [5.74, 6) is 2.87. The first kappa shape index (κ1) is 11.7. The minimum Gasteiger partial charge on any atom is -0.354 e.